The van der Waals surface area contributed by atoms with E-state index in [0.717, 1.165) is 0 Å². The van der Waals surface area contributed by atoms with E-state index in [2.05, 4.69) is 0 Å². The van der Waals surface area contributed by atoms with E-state index in [1.165, 1.54) is 39.8 Å². The number of benzene rings is 2. The first-order chi connectivity index (χ1) is 22.1. The third-order valence-electron chi connectivity index (χ3n) is 9.68. The minimum atomic E-state index is -2.03. The summed E-state index contributed by atoms with van der Waals surface area (Å²) >= 11 is 0. The third kappa shape index (κ3) is 5.67. The lowest BCUT2D eigenvalue weighted by Crippen LogP contribution is -2.83. The quantitative estimate of drug-likeness (QED) is 0.327. The van der Waals surface area contributed by atoms with Crippen LogP contribution in [0.15, 0.2) is 60.7 Å². The summed E-state index contributed by atoms with van der Waals surface area (Å²) in [6.07, 6.45) is -5.65. The van der Waals surface area contributed by atoms with Gasteiger partial charge in [0.1, 0.15) is 30.3 Å². The number of rotatable bonds is 8. The summed E-state index contributed by atoms with van der Waals surface area (Å²) in [6, 6.07) is 16.2. The van der Waals surface area contributed by atoms with Crippen LogP contribution >= 0.6 is 0 Å². The maximum atomic E-state index is 13.9. The van der Waals surface area contributed by atoms with E-state index in [0.29, 0.717) is 0 Å². The number of ether oxygens (including phenoxy) is 6. The molecule has 12 heteroatoms. The second kappa shape index (κ2) is 12.4. The van der Waals surface area contributed by atoms with E-state index >= 15 is 0 Å². The zero-order chi connectivity index (χ0) is 34.4. The van der Waals surface area contributed by atoms with Gasteiger partial charge in [0, 0.05) is 20.8 Å². The predicted octanol–water partition coefficient (Wildman–Crippen LogP) is 3.57. The highest BCUT2D eigenvalue weighted by atomic mass is 16.6. The van der Waals surface area contributed by atoms with Crippen molar-refractivity contribution in [1.29, 1.82) is 0 Å². The van der Waals surface area contributed by atoms with Crippen molar-refractivity contribution in [2.24, 2.45) is 11.3 Å². The highest BCUT2D eigenvalue weighted by Gasteiger charge is 2.87. The van der Waals surface area contributed by atoms with Crippen molar-refractivity contribution in [2.45, 2.75) is 95.6 Å². The molecule has 0 unspecified atom stereocenters. The normalized spacial score (nSPS) is 33.5. The Labute approximate surface area is 272 Å². The molecule has 0 radical (unpaired) electrons. The van der Waals surface area contributed by atoms with Crippen LogP contribution in [0.2, 0.25) is 0 Å². The molecule has 1 aliphatic heterocycles. The minimum absolute atomic E-state index is 0.0258. The maximum Gasteiger partial charge on any atom is 0.338 e. The van der Waals surface area contributed by atoms with Crippen LogP contribution in [-0.4, -0.2) is 82.8 Å². The van der Waals surface area contributed by atoms with Gasteiger partial charge in [-0.05, 0) is 57.9 Å². The number of carbonyl (C=O) groups is 5. The molecule has 5 rings (SSSR count). The van der Waals surface area contributed by atoms with E-state index in [4.69, 9.17) is 28.4 Å². The predicted molar refractivity (Wildman–Crippen MR) is 163 cm³/mol. The van der Waals surface area contributed by atoms with Crippen LogP contribution in [-0.2, 0) is 42.8 Å². The van der Waals surface area contributed by atoms with Gasteiger partial charge in [0.25, 0.3) is 0 Å². The Hall–Kier alpha value is -4.29. The molecule has 3 fully saturated rings. The summed E-state index contributed by atoms with van der Waals surface area (Å²) in [5, 5.41) is 12.5. The lowest BCUT2D eigenvalue weighted by atomic mass is 9.46. The number of carbonyl (C=O) groups excluding carboxylic acids is 5. The largest absolute Gasteiger partial charge is 0.465 e. The molecule has 2 bridgehead atoms. The van der Waals surface area contributed by atoms with Gasteiger partial charge in [-0.2, -0.15) is 0 Å². The van der Waals surface area contributed by atoms with Crippen molar-refractivity contribution in [1.82, 2.24) is 0 Å². The molecule has 1 heterocycles. The smallest absolute Gasteiger partial charge is 0.338 e. The van der Waals surface area contributed by atoms with Crippen molar-refractivity contribution >= 4 is 29.8 Å². The molecule has 12 nitrogen and oxygen atoms in total. The van der Waals surface area contributed by atoms with E-state index in [1.807, 2.05) is 0 Å². The number of fused-ring (bicyclic) bond motifs is 1. The van der Waals surface area contributed by atoms with Gasteiger partial charge in [-0.25, -0.2) is 9.59 Å². The molecule has 1 saturated heterocycles. The molecular formula is C35H40O12. The van der Waals surface area contributed by atoms with Crippen LogP contribution < -0.4 is 0 Å². The summed E-state index contributed by atoms with van der Waals surface area (Å²) in [5.41, 5.74) is -6.86. The zero-order valence-electron chi connectivity index (χ0n) is 27.2. The highest BCUT2D eigenvalue weighted by Crippen LogP contribution is 2.69. The number of esters is 5. The Morgan fingerprint density at radius 1 is 0.745 bits per heavy atom. The molecule has 0 aromatic heterocycles. The molecule has 0 amide bonds. The van der Waals surface area contributed by atoms with E-state index in [9.17, 15) is 29.1 Å². The third-order valence-corrected chi connectivity index (χ3v) is 9.68. The molecule has 2 aliphatic carbocycles. The molecule has 1 N–H and O–H groups in total. The van der Waals surface area contributed by atoms with Crippen LogP contribution in [0, 0.1) is 11.3 Å². The first-order valence-corrected chi connectivity index (χ1v) is 15.5. The summed E-state index contributed by atoms with van der Waals surface area (Å²) in [4.78, 5) is 65.8. The van der Waals surface area contributed by atoms with Gasteiger partial charge in [0.15, 0.2) is 11.7 Å². The summed E-state index contributed by atoms with van der Waals surface area (Å²) in [6.45, 7) is 7.71. The fourth-order valence-electron chi connectivity index (χ4n) is 8.01. The molecule has 252 valence electrons. The Morgan fingerprint density at radius 2 is 1.28 bits per heavy atom. The number of aliphatic hydroxyl groups is 1. The average Bonchev–Trinajstić information content (AvgIpc) is 3.20. The fourth-order valence-corrected chi connectivity index (χ4v) is 8.01. The molecule has 2 saturated carbocycles. The SMILES string of the molecule is CC(=O)OC[C@@]12[C@@H](OC(=O)c3ccccc3)CC[C@](C)(O)[C@]13OC(C)(C)[C@H]([C@@H](OC(C)=O)[C@H]2OC(=O)c1ccccc1)[C@H]3OC(C)=O. The molecule has 2 aromatic carbocycles. The molecule has 3 aliphatic rings. The molecule has 8 atom stereocenters. The van der Waals surface area contributed by atoms with Crippen molar-refractivity contribution in [3.8, 4) is 0 Å². The second-order valence-corrected chi connectivity index (χ2v) is 13.2. The van der Waals surface area contributed by atoms with Gasteiger partial charge in [-0.15, -0.1) is 0 Å². The number of hydrogen-bond acceptors (Lipinski definition) is 12. The standard InChI is InChI=1S/C35H40O12/c1-20(36)42-19-34-25(45-30(39)23-13-9-7-10-14-23)17-18-33(6,41)35(34)28(44-22(3)38)26(32(4,5)47-35)27(43-21(2)37)29(34)46-31(40)24-15-11-8-12-16-24/h7-16,25-29,41H,17-19H2,1-6H3/t25-,26+,27+,28+,29+,33-,34-,35-/m0/s1. The monoisotopic (exact) mass is 652 g/mol. The van der Waals surface area contributed by atoms with Gasteiger partial charge in [-0.3, -0.25) is 14.4 Å². The van der Waals surface area contributed by atoms with E-state index < -0.39 is 89.0 Å². The molecular weight excluding hydrogens is 612 g/mol. The molecule has 1 spiro atoms. The highest BCUT2D eigenvalue weighted by molar-refractivity contribution is 5.90. The second-order valence-electron chi connectivity index (χ2n) is 13.2. The van der Waals surface area contributed by atoms with Crippen LogP contribution in [0.3, 0.4) is 0 Å². The summed E-state index contributed by atoms with van der Waals surface area (Å²) in [7, 11) is 0. The van der Waals surface area contributed by atoms with E-state index in [-0.39, 0.29) is 24.0 Å². The van der Waals surface area contributed by atoms with Gasteiger partial charge >= 0.3 is 29.8 Å². The van der Waals surface area contributed by atoms with Gasteiger partial charge < -0.3 is 33.5 Å². The van der Waals surface area contributed by atoms with Crippen molar-refractivity contribution in [3.63, 3.8) is 0 Å². The van der Waals surface area contributed by atoms with Crippen LogP contribution in [0.25, 0.3) is 0 Å². The number of hydrogen-bond donors (Lipinski definition) is 1. The lowest BCUT2D eigenvalue weighted by molar-refractivity contribution is -0.347. The van der Waals surface area contributed by atoms with Crippen molar-refractivity contribution in [2.75, 3.05) is 6.61 Å². The first-order valence-electron chi connectivity index (χ1n) is 15.5. The van der Waals surface area contributed by atoms with Crippen molar-refractivity contribution < 1.29 is 57.5 Å². The first kappa shape index (κ1) is 34.1. The van der Waals surface area contributed by atoms with Gasteiger partial charge in [0.2, 0.25) is 0 Å². The summed E-state index contributed by atoms with van der Waals surface area (Å²) < 4.78 is 37.0. The summed E-state index contributed by atoms with van der Waals surface area (Å²) in [5.74, 6) is -4.82. The van der Waals surface area contributed by atoms with Crippen LogP contribution in [0.4, 0.5) is 0 Å². The molecule has 47 heavy (non-hydrogen) atoms. The van der Waals surface area contributed by atoms with Crippen LogP contribution in [0.1, 0.15) is 75.1 Å². The van der Waals surface area contributed by atoms with Gasteiger partial charge in [0.05, 0.1) is 28.2 Å². The van der Waals surface area contributed by atoms with Crippen LogP contribution in [0.5, 0.6) is 0 Å². The Bertz CT molecular complexity index is 1540. The Morgan fingerprint density at radius 3 is 1.79 bits per heavy atom. The fraction of sp³-hybridized carbons (Fsp3) is 0.514. The topological polar surface area (TPSA) is 161 Å². The zero-order valence-corrected chi connectivity index (χ0v) is 27.2. The lowest BCUT2D eigenvalue weighted by Gasteiger charge is -2.65. The average molecular weight is 653 g/mol. The Kier molecular flexibility index (Phi) is 8.97. The van der Waals surface area contributed by atoms with E-state index in [1.54, 1.807) is 62.4 Å². The molecule has 2 aromatic rings. The minimum Gasteiger partial charge on any atom is -0.465 e. The van der Waals surface area contributed by atoms with Gasteiger partial charge in [-0.1, -0.05) is 36.4 Å². The Balaban J connectivity index is 1.83. The van der Waals surface area contributed by atoms with Crippen molar-refractivity contribution in [3.05, 3.63) is 71.8 Å². The maximum absolute atomic E-state index is 13.9.